The second kappa shape index (κ2) is 12.4. The van der Waals surface area contributed by atoms with Gasteiger partial charge in [0.05, 0.1) is 0 Å². The minimum Gasteiger partial charge on any atom is -0.484 e. The van der Waals surface area contributed by atoms with Gasteiger partial charge >= 0.3 is 0 Å². The van der Waals surface area contributed by atoms with E-state index in [0.717, 1.165) is 22.3 Å². The van der Waals surface area contributed by atoms with Gasteiger partial charge < -0.3 is 15.0 Å². The Morgan fingerprint density at radius 2 is 1.33 bits per heavy atom. The fourth-order valence-electron chi connectivity index (χ4n) is 3.95. The molecule has 0 spiro atoms. The van der Waals surface area contributed by atoms with Gasteiger partial charge in [-0.1, -0.05) is 109 Å². The van der Waals surface area contributed by atoms with E-state index >= 15 is 0 Å². The summed E-state index contributed by atoms with van der Waals surface area (Å²) in [6, 6.07) is 35.5. The van der Waals surface area contributed by atoms with Crippen LogP contribution in [0.15, 0.2) is 115 Å². The van der Waals surface area contributed by atoms with Crippen molar-refractivity contribution in [2.45, 2.75) is 26.1 Å². The van der Waals surface area contributed by atoms with Crippen molar-refractivity contribution in [3.8, 4) is 5.75 Å². The predicted molar refractivity (Wildman–Crippen MR) is 141 cm³/mol. The van der Waals surface area contributed by atoms with E-state index in [9.17, 15) is 9.59 Å². The first-order valence-electron chi connectivity index (χ1n) is 12.0. The number of benzene rings is 4. The monoisotopic (exact) mass is 478 g/mol. The van der Waals surface area contributed by atoms with Crippen LogP contribution in [0, 0.1) is 6.92 Å². The molecule has 0 aromatic heterocycles. The van der Waals surface area contributed by atoms with Gasteiger partial charge in [-0.3, -0.25) is 9.59 Å². The second-order valence-electron chi connectivity index (χ2n) is 8.63. The Morgan fingerprint density at radius 1 is 0.750 bits per heavy atom. The van der Waals surface area contributed by atoms with Gasteiger partial charge in [0, 0.05) is 13.1 Å². The molecule has 0 saturated carbocycles. The first-order valence-corrected chi connectivity index (χ1v) is 12.0. The molecule has 4 aromatic carbocycles. The standard InChI is InChI=1S/C31H30N2O3/c1-24-17-19-25(20-18-24)21-32-31(35)30(27-13-7-3-8-14-27)33(22-26-11-5-2-6-12-26)29(34)23-36-28-15-9-4-10-16-28/h2-20,30H,21-23H2,1H3,(H,32,35)/t30-/m1/s1. The van der Waals surface area contributed by atoms with Crippen molar-refractivity contribution in [3.05, 3.63) is 138 Å². The summed E-state index contributed by atoms with van der Waals surface area (Å²) in [5.41, 5.74) is 3.82. The molecule has 182 valence electrons. The largest absolute Gasteiger partial charge is 0.484 e. The topological polar surface area (TPSA) is 58.6 Å². The summed E-state index contributed by atoms with van der Waals surface area (Å²) in [4.78, 5) is 28.8. The normalized spacial score (nSPS) is 11.4. The lowest BCUT2D eigenvalue weighted by Gasteiger charge is -2.31. The van der Waals surface area contributed by atoms with E-state index in [1.54, 1.807) is 17.0 Å². The number of para-hydroxylation sites is 1. The highest BCUT2D eigenvalue weighted by Gasteiger charge is 2.31. The SMILES string of the molecule is Cc1ccc(CNC(=O)[C@@H](c2ccccc2)N(Cc2ccccc2)C(=O)COc2ccccc2)cc1. The van der Waals surface area contributed by atoms with E-state index in [2.05, 4.69) is 5.32 Å². The Bertz CT molecular complexity index is 1240. The molecule has 5 heteroatoms. The highest BCUT2D eigenvalue weighted by Crippen LogP contribution is 2.24. The van der Waals surface area contributed by atoms with Crippen LogP contribution in [0.2, 0.25) is 0 Å². The molecule has 1 N–H and O–H groups in total. The van der Waals surface area contributed by atoms with Gasteiger partial charge in [-0.05, 0) is 35.7 Å². The zero-order valence-electron chi connectivity index (χ0n) is 20.3. The fraction of sp³-hybridized carbons (Fsp3) is 0.161. The second-order valence-corrected chi connectivity index (χ2v) is 8.63. The average molecular weight is 479 g/mol. The van der Waals surface area contributed by atoms with Crippen LogP contribution in [0.25, 0.3) is 0 Å². The van der Waals surface area contributed by atoms with Crippen molar-refractivity contribution < 1.29 is 14.3 Å². The third kappa shape index (κ3) is 6.83. The van der Waals surface area contributed by atoms with Crippen molar-refractivity contribution >= 4 is 11.8 Å². The van der Waals surface area contributed by atoms with Gasteiger partial charge in [-0.25, -0.2) is 0 Å². The van der Waals surface area contributed by atoms with Gasteiger partial charge in [0.15, 0.2) is 6.61 Å². The minimum atomic E-state index is -0.816. The zero-order valence-corrected chi connectivity index (χ0v) is 20.3. The molecule has 4 rings (SSSR count). The van der Waals surface area contributed by atoms with E-state index in [1.165, 1.54) is 0 Å². The summed E-state index contributed by atoms with van der Waals surface area (Å²) in [5.74, 6) is 0.0819. The Kier molecular flexibility index (Phi) is 8.49. The molecule has 0 bridgehead atoms. The van der Waals surface area contributed by atoms with E-state index in [0.29, 0.717) is 12.3 Å². The molecule has 0 unspecified atom stereocenters. The molecule has 1 atom stereocenters. The first-order chi connectivity index (χ1) is 17.6. The maximum atomic E-state index is 13.6. The highest BCUT2D eigenvalue weighted by molar-refractivity contribution is 5.89. The molecule has 0 saturated heterocycles. The number of carbonyl (C=O) groups is 2. The summed E-state index contributed by atoms with van der Waals surface area (Å²) in [6.45, 7) is 2.50. The van der Waals surface area contributed by atoms with Crippen LogP contribution in [0.5, 0.6) is 5.75 Å². The van der Waals surface area contributed by atoms with Gasteiger partial charge in [-0.2, -0.15) is 0 Å². The Morgan fingerprint density at radius 3 is 1.97 bits per heavy atom. The summed E-state index contributed by atoms with van der Waals surface area (Å²) in [7, 11) is 0. The molecule has 0 radical (unpaired) electrons. The first kappa shape index (κ1) is 24.7. The number of rotatable bonds is 10. The van der Waals surface area contributed by atoms with E-state index < -0.39 is 6.04 Å². The van der Waals surface area contributed by atoms with E-state index in [1.807, 2.05) is 110 Å². The van der Waals surface area contributed by atoms with Crippen molar-refractivity contribution in [1.29, 1.82) is 0 Å². The maximum Gasteiger partial charge on any atom is 0.261 e. The number of hydrogen-bond donors (Lipinski definition) is 1. The minimum absolute atomic E-state index is 0.175. The third-order valence-corrected chi connectivity index (χ3v) is 5.88. The van der Waals surface area contributed by atoms with E-state index in [4.69, 9.17) is 4.74 Å². The fourth-order valence-corrected chi connectivity index (χ4v) is 3.95. The van der Waals surface area contributed by atoms with Crippen LogP contribution in [-0.4, -0.2) is 23.3 Å². The molecule has 5 nitrogen and oxygen atoms in total. The van der Waals surface area contributed by atoms with Gasteiger partial charge in [0.1, 0.15) is 11.8 Å². The quantitative estimate of drug-likeness (QED) is 0.329. The molecule has 0 fully saturated rings. The average Bonchev–Trinajstić information content (AvgIpc) is 2.93. The van der Waals surface area contributed by atoms with Crippen molar-refractivity contribution in [2.24, 2.45) is 0 Å². The molecule has 0 aliphatic carbocycles. The number of aryl methyl sites for hydroxylation is 1. The summed E-state index contributed by atoms with van der Waals surface area (Å²) < 4.78 is 5.77. The summed E-state index contributed by atoms with van der Waals surface area (Å²) in [5, 5.41) is 3.04. The molecule has 0 aliphatic rings. The molecular formula is C31H30N2O3. The molecule has 4 aromatic rings. The van der Waals surface area contributed by atoms with Crippen LogP contribution in [0.3, 0.4) is 0 Å². The lowest BCUT2D eigenvalue weighted by atomic mass is 10.0. The van der Waals surface area contributed by atoms with Crippen molar-refractivity contribution in [3.63, 3.8) is 0 Å². The number of nitrogens with zero attached hydrogens (tertiary/aromatic N) is 1. The summed E-state index contributed by atoms with van der Waals surface area (Å²) >= 11 is 0. The van der Waals surface area contributed by atoms with E-state index in [-0.39, 0.29) is 25.0 Å². The molecular weight excluding hydrogens is 448 g/mol. The third-order valence-electron chi connectivity index (χ3n) is 5.88. The molecule has 0 heterocycles. The van der Waals surface area contributed by atoms with Gasteiger partial charge in [0.25, 0.3) is 5.91 Å². The van der Waals surface area contributed by atoms with Crippen LogP contribution >= 0.6 is 0 Å². The smallest absolute Gasteiger partial charge is 0.261 e. The number of hydrogen-bond acceptors (Lipinski definition) is 3. The Labute approximate surface area is 212 Å². The predicted octanol–water partition coefficient (Wildman–Crippen LogP) is 5.46. The number of nitrogens with one attached hydrogen (secondary N) is 1. The van der Waals surface area contributed by atoms with Crippen LogP contribution in [-0.2, 0) is 22.7 Å². The van der Waals surface area contributed by atoms with Crippen LogP contribution < -0.4 is 10.1 Å². The number of amides is 2. The molecule has 36 heavy (non-hydrogen) atoms. The lowest BCUT2D eigenvalue weighted by molar-refractivity contribution is -0.143. The van der Waals surface area contributed by atoms with Crippen molar-refractivity contribution in [1.82, 2.24) is 10.2 Å². The molecule has 2 amide bonds. The van der Waals surface area contributed by atoms with Crippen LogP contribution in [0.1, 0.15) is 28.3 Å². The van der Waals surface area contributed by atoms with Gasteiger partial charge in [0.2, 0.25) is 5.91 Å². The zero-order chi connectivity index (χ0) is 25.2. The Hall–Kier alpha value is -4.38. The lowest BCUT2D eigenvalue weighted by Crippen LogP contribution is -2.45. The highest BCUT2D eigenvalue weighted by atomic mass is 16.5. The molecule has 0 aliphatic heterocycles. The summed E-state index contributed by atoms with van der Waals surface area (Å²) in [6.07, 6.45) is 0. The van der Waals surface area contributed by atoms with Gasteiger partial charge in [-0.15, -0.1) is 0 Å². The number of carbonyl (C=O) groups excluding carboxylic acids is 2. The van der Waals surface area contributed by atoms with Crippen molar-refractivity contribution in [2.75, 3.05) is 6.61 Å². The maximum absolute atomic E-state index is 13.6. The Balaban J connectivity index is 1.61. The van der Waals surface area contributed by atoms with Crippen LogP contribution in [0.4, 0.5) is 0 Å². The number of ether oxygens (including phenoxy) is 1.